The number of fused-ring (bicyclic) bond motifs is 1. The second kappa shape index (κ2) is 5.23. The maximum Gasteiger partial charge on any atom is 0.322 e. The molecular formula is C15H16F2N2O3. The van der Waals surface area contributed by atoms with Gasteiger partial charge >= 0.3 is 12.0 Å². The fourth-order valence-electron chi connectivity index (χ4n) is 3.60. The molecule has 5 nitrogen and oxygen atoms in total. The number of carboxylic acid groups (broad SMARTS) is 1. The molecule has 1 aromatic carbocycles. The second-order valence-corrected chi connectivity index (χ2v) is 5.96. The third-order valence-corrected chi connectivity index (χ3v) is 4.78. The highest BCUT2D eigenvalue weighted by Gasteiger charge is 2.55. The van der Waals surface area contributed by atoms with Crippen molar-refractivity contribution in [1.29, 1.82) is 0 Å². The minimum Gasteiger partial charge on any atom is -0.481 e. The van der Waals surface area contributed by atoms with Crippen molar-refractivity contribution in [3.05, 3.63) is 29.8 Å². The number of anilines is 1. The summed E-state index contributed by atoms with van der Waals surface area (Å²) < 4.78 is 27.1. The second-order valence-electron chi connectivity index (χ2n) is 5.96. The molecule has 2 aliphatic rings. The minimum absolute atomic E-state index is 0.0783. The van der Waals surface area contributed by atoms with E-state index in [1.807, 2.05) is 0 Å². The predicted molar refractivity (Wildman–Crippen MR) is 74.4 cm³/mol. The zero-order valence-electron chi connectivity index (χ0n) is 11.8. The Morgan fingerprint density at radius 2 is 2.00 bits per heavy atom. The molecule has 1 aliphatic carbocycles. The van der Waals surface area contributed by atoms with Crippen molar-refractivity contribution in [2.24, 2.45) is 11.3 Å². The molecule has 3 rings (SSSR count). The SMILES string of the molecule is O=C(Nc1c(F)cccc1F)N1C[C@@H]2CCC[C@@]2(C(=O)O)C1. The van der Waals surface area contributed by atoms with Crippen molar-refractivity contribution in [2.45, 2.75) is 19.3 Å². The molecule has 0 unspecified atom stereocenters. The van der Waals surface area contributed by atoms with E-state index < -0.39 is 34.7 Å². The van der Waals surface area contributed by atoms with Crippen LogP contribution in [-0.2, 0) is 4.79 Å². The van der Waals surface area contributed by atoms with E-state index >= 15 is 0 Å². The van der Waals surface area contributed by atoms with Gasteiger partial charge in [0.2, 0.25) is 0 Å². The van der Waals surface area contributed by atoms with E-state index in [9.17, 15) is 23.5 Å². The van der Waals surface area contributed by atoms with Gasteiger partial charge in [-0.2, -0.15) is 0 Å². The van der Waals surface area contributed by atoms with Crippen molar-refractivity contribution in [1.82, 2.24) is 4.90 Å². The topological polar surface area (TPSA) is 69.6 Å². The number of aliphatic carboxylic acids is 1. The molecule has 1 saturated heterocycles. The summed E-state index contributed by atoms with van der Waals surface area (Å²) in [7, 11) is 0. The molecule has 2 amide bonds. The molecule has 0 aromatic heterocycles. The van der Waals surface area contributed by atoms with Crippen LogP contribution >= 0.6 is 0 Å². The number of urea groups is 1. The Balaban J connectivity index is 1.76. The summed E-state index contributed by atoms with van der Waals surface area (Å²) in [5.41, 5.74) is -1.42. The number of amides is 2. The number of likely N-dealkylation sites (tertiary alicyclic amines) is 1. The lowest BCUT2D eigenvalue weighted by molar-refractivity contribution is -0.149. The maximum absolute atomic E-state index is 13.6. The van der Waals surface area contributed by atoms with Crippen molar-refractivity contribution in [3.63, 3.8) is 0 Å². The summed E-state index contributed by atoms with van der Waals surface area (Å²) in [5.74, 6) is -2.72. The fraction of sp³-hybridized carbons (Fsp3) is 0.467. The molecule has 0 radical (unpaired) electrons. The van der Waals surface area contributed by atoms with E-state index in [2.05, 4.69) is 5.32 Å². The molecule has 2 atom stereocenters. The van der Waals surface area contributed by atoms with E-state index in [1.54, 1.807) is 0 Å². The van der Waals surface area contributed by atoms with E-state index in [0.29, 0.717) is 13.0 Å². The number of hydrogen-bond donors (Lipinski definition) is 2. The zero-order valence-corrected chi connectivity index (χ0v) is 11.8. The zero-order chi connectivity index (χ0) is 15.9. The minimum atomic E-state index is -0.912. The van der Waals surface area contributed by atoms with Crippen LogP contribution in [0.25, 0.3) is 0 Å². The Morgan fingerprint density at radius 3 is 2.59 bits per heavy atom. The average Bonchev–Trinajstić information content (AvgIpc) is 3.00. The van der Waals surface area contributed by atoms with Gasteiger partial charge in [0, 0.05) is 13.1 Å². The summed E-state index contributed by atoms with van der Waals surface area (Å²) in [5, 5.41) is 11.7. The Hall–Kier alpha value is -2.18. The quantitative estimate of drug-likeness (QED) is 0.882. The lowest BCUT2D eigenvalue weighted by atomic mass is 9.81. The number of halogens is 2. The molecule has 2 N–H and O–H groups in total. The first-order valence-corrected chi connectivity index (χ1v) is 7.17. The van der Waals surface area contributed by atoms with Crippen LogP contribution in [0.15, 0.2) is 18.2 Å². The Kier molecular flexibility index (Phi) is 3.50. The third kappa shape index (κ3) is 2.20. The van der Waals surface area contributed by atoms with Crippen molar-refractivity contribution in [3.8, 4) is 0 Å². The molecule has 1 aromatic rings. The van der Waals surface area contributed by atoms with Gasteiger partial charge < -0.3 is 15.3 Å². The number of nitrogens with one attached hydrogen (secondary N) is 1. The fourth-order valence-corrected chi connectivity index (χ4v) is 3.60. The summed E-state index contributed by atoms with van der Waals surface area (Å²) >= 11 is 0. The molecular weight excluding hydrogens is 294 g/mol. The first-order chi connectivity index (χ1) is 10.4. The highest BCUT2D eigenvalue weighted by molar-refractivity contribution is 5.91. The van der Waals surface area contributed by atoms with Gasteiger partial charge in [-0.3, -0.25) is 4.79 Å². The number of nitrogens with zero attached hydrogens (tertiary/aromatic N) is 1. The Morgan fingerprint density at radius 1 is 1.32 bits per heavy atom. The monoisotopic (exact) mass is 310 g/mol. The van der Waals surface area contributed by atoms with Gasteiger partial charge in [0.25, 0.3) is 0 Å². The normalized spacial score (nSPS) is 26.8. The van der Waals surface area contributed by atoms with E-state index in [0.717, 1.165) is 25.0 Å². The third-order valence-electron chi connectivity index (χ3n) is 4.78. The molecule has 1 saturated carbocycles. The number of benzene rings is 1. The lowest BCUT2D eigenvalue weighted by Gasteiger charge is -2.23. The van der Waals surface area contributed by atoms with E-state index in [-0.39, 0.29) is 12.5 Å². The van der Waals surface area contributed by atoms with Crippen LogP contribution in [0.3, 0.4) is 0 Å². The predicted octanol–water partition coefficient (Wildman–Crippen LogP) is 2.68. The number of rotatable bonds is 2. The molecule has 1 aliphatic heterocycles. The van der Waals surface area contributed by atoms with Crippen LogP contribution in [-0.4, -0.2) is 35.1 Å². The van der Waals surface area contributed by atoms with Crippen LogP contribution in [0.2, 0.25) is 0 Å². The van der Waals surface area contributed by atoms with Crippen LogP contribution in [0.5, 0.6) is 0 Å². The first-order valence-electron chi connectivity index (χ1n) is 7.17. The number of carbonyl (C=O) groups is 2. The number of hydrogen-bond acceptors (Lipinski definition) is 2. The van der Waals surface area contributed by atoms with Crippen molar-refractivity contribution >= 4 is 17.7 Å². The molecule has 0 bridgehead atoms. The molecule has 0 spiro atoms. The van der Waals surface area contributed by atoms with E-state index in [1.165, 1.54) is 11.0 Å². The Bertz CT molecular complexity index is 617. The highest BCUT2D eigenvalue weighted by atomic mass is 19.1. The summed E-state index contributed by atoms with van der Waals surface area (Å²) in [6.45, 7) is 0.378. The highest BCUT2D eigenvalue weighted by Crippen LogP contribution is 2.48. The molecule has 22 heavy (non-hydrogen) atoms. The summed E-state index contributed by atoms with van der Waals surface area (Å²) in [4.78, 5) is 25.1. The van der Waals surface area contributed by atoms with Gasteiger partial charge in [0.05, 0.1) is 5.41 Å². The summed E-state index contributed by atoms with van der Waals surface area (Å²) in [6, 6.07) is 2.64. The van der Waals surface area contributed by atoms with Crippen molar-refractivity contribution < 1.29 is 23.5 Å². The smallest absolute Gasteiger partial charge is 0.322 e. The van der Waals surface area contributed by atoms with E-state index in [4.69, 9.17) is 0 Å². The average molecular weight is 310 g/mol. The van der Waals surface area contributed by atoms with Gasteiger partial charge in [-0.25, -0.2) is 13.6 Å². The number of para-hydroxylation sites is 1. The number of carboxylic acids is 1. The molecule has 7 heteroatoms. The van der Waals surface area contributed by atoms with Crippen LogP contribution in [0.4, 0.5) is 19.3 Å². The maximum atomic E-state index is 13.6. The van der Waals surface area contributed by atoms with Crippen LogP contribution < -0.4 is 5.32 Å². The molecule has 1 heterocycles. The van der Waals surface area contributed by atoms with Gasteiger partial charge in [0.15, 0.2) is 0 Å². The van der Waals surface area contributed by atoms with Gasteiger partial charge in [-0.05, 0) is 30.9 Å². The standard InChI is InChI=1S/C15H16F2N2O3/c16-10-4-1-5-11(17)12(10)18-14(22)19-7-9-3-2-6-15(9,8-19)13(20)21/h1,4-5,9H,2-3,6-8H2,(H,18,22)(H,20,21)/t9-,15+/m0/s1. The first kappa shape index (κ1) is 14.7. The molecule has 118 valence electrons. The van der Waals surface area contributed by atoms with Crippen molar-refractivity contribution in [2.75, 3.05) is 18.4 Å². The molecule has 2 fully saturated rings. The lowest BCUT2D eigenvalue weighted by Crippen LogP contribution is -2.39. The van der Waals surface area contributed by atoms with Gasteiger partial charge in [-0.1, -0.05) is 12.5 Å². The number of carbonyl (C=O) groups excluding carboxylic acids is 1. The van der Waals surface area contributed by atoms with Crippen LogP contribution in [0, 0.1) is 23.0 Å². The van der Waals surface area contributed by atoms with Gasteiger partial charge in [0.1, 0.15) is 17.3 Å². The Labute approximate surface area is 125 Å². The van der Waals surface area contributed by atoms with Crippen LogP contribution in [0.1, 0.15) is 19.3 Å². The largest absolute Gasteiger partial charge is 0.481 e. The van der Waals surface area contributed by atoms with Gasteiger partial charge in [-0.15, -0.1) is 0 Å². The summed E-state index contributed by atoms with van der Waals surface area (Å²) in [6.07, 6.45) is 2.11.